The number of ether oxygens (including phenoxy) is 3. The molecule has 1 aromatic carbocycles. The molecule has 0 atom stereocenters. The summed E-state index contributed by atoms with van der Waals surface area (Å²) in [6.45, 7) is 4.15. The van der Waals surface area contributed by atoms with Crippen LogP contribution in [0.1, 0.15) is 19.4 Å². The maximum absolute atomic E-state index is 11.2. The van der Waals surface area contributed by atoms with Gasteiger partial charge in [-0.25, -0.2) is 4.79 Å². The minimum absolute atomic E-state index is 0.179. The zero-order chi connectivity index (χ0) is 14.1. The summed E-state index contributed by atoms with van der Waals surface area (Å²) < 4.78 is 15.5. The first-order valence-corrected chi connectivity index (χ1v) is 5.94. The lowest BCUT2D eigenvalue weighted by Crippen LogP contribution is -2.15. The van der Waals surface area contributed by atoms with Gasteiger partial charge < -0.3 is 19.4 Å². The number of nitrogens with zero attached hydrogens (tertiary/aromatic N) is 1. The Labute approximate surface area is 111 Å². The highest BCUT2D eigenvalue weighted by atomic mass is 16.6. The van der Waals surface area contributed by atoms with Crippen molar-refractivity contribution in [3.05, 3.63) is 23.8 Å². The van der Waals surface area contributed by atoms with E-state index in [2.05, 4.69) is 5.16 Å². The molecular formula is C13H17NO5. The van der Waals surface area contributed by atoms with E-state index in [-0.39, 0.29) is 6.61 Å². The van der Waals surface area contributed by atoms with Crippen molar-refractivity contribution in [1.82, 2.24) is 0 Å². The van der Waals surface area contributed by atoms with E-state index in [0.29, 0.717) is 30.3 Å². The summed E-state index contributed by atoms with van der Waals surface area (Å²) in [6.07, 6.45) is 1.28. The van der Waals surface area contributed by atoms with Crippen LogP contribution in [0.3, 0.4) is 0 Å². The molecule has 0 fully saturated rings. The fourth-order valence-electron chi connectivity index (χ4n) is 1.40. The van der Waals surface area contributed by atoms with E-state index in [1.54, 1.807) is 25.1 Å². The Kier molecular flexibility index (Phi) is 6.21. The van der Waals surface area contributed by atoms with Gasteiger partial charge in [0, 0.05) is 5.56 Å². The van der Waals surface area contributed by atoms with Crippen LogP contribution in [0.25, 0.3) is 0 Å². The number of carbonyl (C=O) groups is 1. The van der Waals surface area contributed by atoms with Gasteiger partial charge in [0.1, 0.15) is 0 Å². The molecule has 0 bridgehead atoms. The molecule has 0 unspecified atom stereocenters. The molecule has 0 spiro atoms. The molecule has 0 radical (unpaired) electrons. The summed E-state index contributed by atoms with van der Waals surface area (Å²) in [5.74, 6) is 0.472. The molecule has 0 amide bonds. The van der Waals surface area contributed by atoms with Crippen LogP contribution in [0.5, 0.6) is 11.5 Å². The second kappa shape index (κ2) is 7.97. The second-order valence-electron chi connectivity index (χ2n) is 3.48. The SMILES string of the molecule is CCOC(=O)COc1ccc(C=NO)cc1OCC. The van der Waals surface area contributed by atoms with Crippen LogP contribution in [-0.4, -0.2) is 37.2 Å². The summed E-state index contributed by atoms with van der Waals surface area (Å²) in [5, 5.41) is 11.4. The zero-order valence-electron chi connectivity index (χ0n) is 11.0. The third kappa shape index (κ3) is 4.87. The Morgan fingerprint density at radius 1 is 1.26 bits per heavy atom. The van der Waals surface area contributed by atoms with Gasteiger partial charge in [-0.3, -0.25) is 0 Å². The predicted molar refractivity (Wildman–Crippen MR) is 69.1 cm³/mol. The number of hydrogen-bond donors (Lipinski definition) is 1. The van der Waals surface area contributed by atoms with E-state index in [0.717, 1.165) is 0 Å². The standard InChI is InChI=1S/C13H17NO5/c1-3-17-12-7-10(8-14-16)5-6-11(12)19-9-13(15)18-4-2/h5-8,16H,3-4,9H2,1-2H3. The van der Waals surface area contributed by atoms with Crippen molar-refractivity contribution in [2.24, 2.45) is 5.16 Å². The van der Waals surface area contributed by atoms with E-state index in [1.165, 1.54) is 6.21 Å². The Hall–Kier alpha value is -2.24. The van der Waals surface area contributed by atoms with E-state index >= 15 is 0 Å². The molecule has 19 heavy (non-hydrogen) atoms. The molecule has 6 heteroatoms. The fraction of sp³-hybridized carbons (Fsp3) is 0.385. The summed E-state index contributed by atoms with van der Waals surface area (Å²) in [7, 11) is 0. The quantitative estimate of drug-likeness (QED) is 0.353. The van der Waals surface area contributed by atoms with Crippen molar-refractivity contribution >= 4 is 12.2 Å². The molecule has 1 N–H and O–H groups in total. The van der Waals surface area contributed by atoms with Gasteiger partial charge in [-0.15, -0.1) is 0 Å². The molecule has 1 rings (SSSR count). The molecule has 104 valence electrons. The number of benzene rings is 1. The van der Waals surface area contributed by atoms with Gasteiger partial charge in [-0.2, -0.15) is 0 Å². The van der Waals surface area contributed by atoms with Crippen molar-refractivity contribution in [1.29, 1.82) is 0 Å². The Morgan fingerprint density at radius 3 is 2.68 bits per heavy atom. The van der Waals surface area contributed by atoms with E-state index in [9.17, 15) is 4.79 Å². The minimum Gasteiger partial charge on any atom is -0.490 e. The third-order valence-electron chi connectivity index (χ3n) is 2.13. The van der Waals surface area contributed by atoms with Crippen LogP contribution in [0, 0.1) is 0 Å². The molecule has 0 aliphatic rings. The van der Waals surface area contributed by atoms with Crippen molar-refractivity contribution in [3.63, 3.8) is 0 Å². The lowest BCUT2D eigenvalue weighted by Gasteiger charge is -2.11. The third-order valence-corrected chi connectivity index (χ3v) is 2.13. The number of oxime groups is 1. The predicted octanol–water partition coefficient (Wildman–Crippen LogP) is 1.84. The fourth-order valence-corrected chi connectivity index (χ4v) is 1.40. The first-order chi connectivity index (χ1) is 9.21. The summed E-state index contributed by atoms with van der Waals surface area (Å²) in [5.41, 5.74) is 0.662. The molecule has 0 heterocycles. The van der Waals surface area contributed by atoms with Gasteiger partial charge in [0.05, 0.1) is 19.4 Å². The zero-order valence-corrected chi connectivity index (χ0v) is 11.0. The van der Waals surface area contributed by atoms with Gasteiger partial charge in [0.25, 0.3) is 0 Å². The average molecular weight is 267 g/mol. The molecule has 6 nitrogen and oxygen atoms in total. The maximum Gasteiger partial charge on any atom is 0.344 e. The summed E-state index contributed by atoms with van der Waals surface area (Å²) in [6, 6.07) is 4.98. The smallest absolute Gasteiger partial charge is 0.344 e. The molecule has 0 aromatic heterocycles. The minimum atomic E-state index is -0.439. The monoisotopic (exact) mass is 267 g/mol. The lowest BCUT2D eigenvalue weighted by molar-refractivity contribution is -0.145. The van der Waals surface area contributed by atoms with Crippen LogP contribution >= 0.6 is 0 Å². The molecule has 0 aliphatic heterocycles. The van der Waals surface area contributed by atoms with Gasteiger partial charge >= 0.3 is 5.97 Å². The van der Waals surface area contributed by atoms with Gasteiger partial charge in [-0.1, -0.05) is 5.16 Å². The largest absolute Gasteiger partial charge is 0.490 e. The number of esters is 1. The highest BCUT2D eigenvalue weighted by Gasteiger charge is 2.09. The number of hydrogen-bond acceptors (Lipinski definition) is 6. The van der Waals surface area contributed by atoms with E-state index in [4.69, 9.17) is 19.4 Å². The average Bonchev–Trinajstić information content (AvgIpc) is 2.39. The Balaban J connectivity index is 2.78. The van der Waals surface area contributed by atoms with Crippen LogP contribution in [-0.2, 0) is 9.53 Å². The first kappa shape index (κ1) is 14.8. The molecule has 1 aromatic rings. The molecule has 0 saturated carbocycles. The van der Waals surface area contributed by atoms with Crippen molar-refractivity contribution in [2.45, 2.75) is 13.8 Å². The van der Waals surface area contributed by atoms with Gasteiger partial charge in [0.15, 0.2) is 18.1 Å². The van der Waals surface area contributed by atoms with Crippen molar-refractivity contribution in [2.75, 3.05) is 19.8 Å². The second-order valence-corrected chi connectivity index (χ2v) is 3.48. The van der Waals surface area contributed by atoms with Gasteiger partial charge in [-0.05, 0) is 32.0 Å². The topological polar surface area (TPSA) is 77.4 Å². The molecular weight excluding hydrogens is 250 g/mol. The highest BCUT2D eigenvalue weighted by molar-refractivity contribution is 5.80. The normalized spacial score (nSPS) is 10.4. The van der Waals surface area contributed by atoms with Crippen molar-refractivity contribution in [3.8, 4) is 11.5 Å². The van der Waals surface area contributed by atoms with Crippen LogP contribution in [0.2, 0.25) is 0 Å². The molecule has 0 saturated heterocycles. The van der Waals surface area contributed by atoms with E-state index in [1.807, 2.05) is 6.92 Å². The van der Waals surface area contributed by atoms with E-state index < -0.39 is 5.97 Å². The number of rotatable bonds is 7. The number of carbonyl (C=O) groups excluding carboxylic acids is 1. The Bertz CT molecular complexity index is 445. The van der Waals surface area contributed by atoms with Gasteiger partial charge in [0.2, 0.25) is 0 Å². The van der Waals surface area contributed by atoms with Crippen LogP contribution in [0.4, 0.5) is 0 Å². The Morgan fingerprint density at radius 2 is 2.05 bits per heavy atom. The van der Waals surface area contributed by atoms with Crippen LogP contribution in [0.15, 0.2) is 23.4 Å². The molecule has 0 aliphatic carbocycles. The maximum atomic E-state index is 11.2. The summed E-state index contributed by atoms with van der Waals surface area (Å²) >= 11 is 0. The first-order valence-electron chi connectivity index (χ1n) is 5.94. The lowest BCUT2D eigenvalue weighted by atomic mass is 10.2. The summed E-state index contributed by atoms with van der Waals surface area (Å²) in [4.78, 5) is 11.2. The highest BCUT2D eigenvalue weighted by Crippen LogP contribution is 2.28. The van der Waals surface area contributed by atoms with Crippen LogP contribution < -0.4 is 9.47 Å². The van der Waals surface area contributed by atoms with Crippen molar-refractivity contribution < 1.29 is 24.2 Å².